The molecule has 1 fully saturated rings. The zero-order valence-corrected chi connectivity index (χ0v) is 24.2. The molecule has 5 rings (SSSR count). The SMILES string of the molecule is CC(C)(C)c1ccc(C(=O)Nc2cccc(NC(=O)C3CCCN(Cc4nc(-c5ccccc5Cl)no4)C3)c2)cc1. The Morgan fingerprint density at radius 2 is 1.73 bits per heavy atom. The molecular formula is C32H34ClN5O3. The smallest absolute Gasteiger partial charge is 0.255 e. The van der Waals surface area contributed by atoms with Crippen LogP contribution in [0.15, 0.2) is 77.3 Å². The highest BCUT2D eigenvalue weighted by Gasteiger charge is 2.27. The molecule has 0 aliphatic carbocycles. The van der Waals surface area contributed by atoms with E-state index in [9.17, 15) is 9.59 Å². The van der Waals surface area contributed by atoms with Gasteiger partial charge in [-0.25, -0.2) is 0 Å². The number of piperidine rings is 1. The van der Waals surface area contributed by atoms with E-state index in [0.29, 0.717) is 46.8 Å². The number of aromatic nitrogens is 2. The average Bonchev–Trinajstić information content (AvgIpc) is 3.41. The van der Waals surface area contributed by atoms with Crippen LogP contribution in [0.25, 0.3) is 11.4 Å². The van der Waals surface area contributed by atoms with Crippen LogP contribution in [0.1, 0.15) is 55.4 Å². The van der Waals surface area contributed by atoms with E-state index in [1.54, 1.807) is 18.2 Å². The minimum atomic E-state index is -0.199. The second kappa shape index (κ2) is 12.2. The third-order valence-electron chi connectivity index (χ3n) is 7.22. The molecule has 1 atom stereocenters. The predicted molar refractivity (Wildman–Crippen MR) is 161 cm³/mol. The molecule has 0 saturated carbocycles. The molecule has 212 valence electrons. The maximum atomic E-state index is 13.2. The number of nitrogens with one attached hydrogen (secondary N) is 2. The first-order valence-corrected chi connectivity index (χ1v) is 14.2. The van der Waals surface area contributed by atoms with Crippen LogP contribution in [-0.2, 0) is 16.8 Å². The fourth-order valence-electron chi connectivity index (χ4n) is 4.92. The molecule has 1 unspecified atom stereocenters. The van der Waals surface area contributed by atoms with E-state index in [-0.39, 0.29) is 23.1 Å². The van der Waals surface area contributed by atoms with Gasteiger partial charge in [0.25, 0.3) is 5.91 Å². The van der Waals surface area contributed by atoms with Gasteiger partial charge in [0.15, 0.2) is 0 Å². The van der Waals surface area contributed by atoms with Crippen molar-refractivity contribution < 1.29 is 14.1 Å². The Morgan fingerprint density at radius 3 is 2.46 bits per heavy atom. The molecule has 1 aromatic heterocycles. The molecule has 0 bridgehead atoms. The van der Waals surface area contributed by atoms with Crippen molar-refractivity contribution in [1.29, 1.82) is 0 Å². The Labute approximate surface area is 245 Å². The first kappa shape index (κ1) is 28.5. The molecule has 0 radical (unpaired) electrons. The van der Waals surface area contributed by atoms with Gasteiger partial charge in [0.1, 0.15) is 0 Å². The van der Waals surface area contributed by atoms with Crippen LogP contribution in [0.4, 0.5) is 11.4 Å². The van der Waals surface area contributed by atoms with Gasteiger partial charge < -0.3 is 15.2 Å². The molecule has 1 saturated heterocycles. The Bertz CT molecular complexity index is 1530. The Morgan fingerprint density at radius 1 is 1.00 bits per heavy atom. The van der Waals surface area contributed by atoms with Crippen molar-refractivity contribution in [2.45, 2.75) is 45.6 Å². The third kappa shape index (κ3) is 7.20. The molecule has 4 aromatic rings. The monoisotopic (exact) mass is 571 g/mol. The zero-order valence-electron chi connectivity index (χ0n) is 23.5. The van der Waals surface area contributed by atoms with E-state index >= 15 is 0 Å². The van der Waals surface area contributed by atoms with Crippen molar-refractivity contribution >= 4 is 34.8 Å². The predicted octanol–water partition coefficient (Wildman–Crippen LogP) is 6.79. The topological polar surface area (TPSA) is 100 Å². The molecule has 0 spiro atoms. The summed E-state index contributed by atoms with van der Waals surface area (Å²) in [5, 5.41) is 10.6. The van der Waals surface area contributed by atoms with Crippen molar-refractivity contribution in [3.05, 3.63) is 94.8 Å². The van der Waals surface area contributed by atoms with E-state index in [4.69, 9.17) is 16.1 Å². The van der Waals surface area contributed by atoms with E-state index in [0.717, 1.165) is 24.9 Å². The summed E-state index contributed by atoms with van der Waals surface area (Å²) in [6, 6.07) is 22.2. The minimum absolute atomic E-state index is 0.0183. The van der Waals surface area contributed by atoms with Crippen LogP contribution in [0.3, 0.4) is 0 Å². The Kier molecular flexibility index (Phi) is 8.52. The fourth-order valence-corrected chi connectivity index (χ4v) is 5.14. The average molecular weight is 572 g/mol. The molecule has 8 nitrogen and oxygen atoms in total. The summed E-state index contributed by atoms with van der Waals surface area (Å²) in [7, 11) is 0. The van der Waals surface area contributed by atoms with Gasteiger partial charge in [0.05, 0.1) is 17.5 Å². The molecule has 3 aromatic carbocycles. The lowest BCUT2D eigenvalue weighted by Crippen LogP contribution is -2.40. The van der Waals surface area contributed by atoms with Crippen LogP contribution in [0.2, 0.25) is 5.02 Å². The Hall–Kier alpha value is -4.01. The summed E-state index contributed by atoms with van der Waals surface area (Å²) in [5.41, 5.74) is 3.73. The lowest BCUT2D eigenvalue weighted by molar-refractivity contribution is -0.121. The largest absolute Gasteiger partial charge is 0.338 e. The third-order valence-corrected chi connectivity index (χ3v) is 7.55. The highest BCUT2D eigenvalue weighted by molar-refractivity contribution is 6.33. The quantitative estimate of drug-likeness (QED) is 0.253. The van der Waals surface area contributed by atoms with Gasteiger partial charge in [-0.15, -0.1) is 0 Å². The summed E-state index contributed by atoms with van der Waals surface area (Å²) < 4.78 is 5.47. The molecule has 1 aliphatic heterocycles. The fraction of sp³-hybridized carbons (Fsp3) is 0.312. The van der Waals surface area contributed by atoms with Crippen LogP contribution in [-0.4, -0.2) is 39.9 Å². The number of hydrogen-bond acceptors (Lipinski definition) is 6. The lowest BCUT2D eigenvalue weighted by atomic mass is 9.87. The van der Waals surface area contributed by atoms with Gasteiger partial charge in [0.2, 0.25) is 17.6 Å². The van der Waals surface area contributed by atoms with Crippen molar-refractivity contribution in [1.82, 2.24) is 15.0 Å². The van der Waals surface area contributed by atoms with Gasteiger partial charge in [-0.2, -0.15) is 4.98 Å². The summed E-state index contributed by atoms with van der Waals surface area (Å²) in [5.74, 6) is 0.492. The molecule has 2 heterocycles. The number of carbonyl (C=O) groups excluding carboxylic acids is 2. The van der Waals surface area contributed by atoms with Gasteiger partial charge in [-0.05, 0) is 72.8 Å². The van der Waals surface area contributed by atoms with E-state index in [1.165, 1.54) is 5.56 Å². The minimum Gasteiger partial charge on any atom is -0.338 e. The summed E-state index contributed by atoms with van der Waals surface area (Å²) in [6.07, 6.45) is 1.67. The number of halogens is 1. The maximum Gasteiger partial charge on any atom is 0.255 e. The highest BCUT2D eigenvalue weighted by Crippen LogP contribution is 2.27. The maximum absolute atomic E-state index is 13.2. The zero-order chi connectivity index (χ0) is 29.0. The second-order valence-corrected chi connectivity index (χ2v) is 11.8. The van der Waals surface area contributed by atoms with Gasteiger partial charge in [0, 0.05) is 29.0 Å². The number of likely N-dealkylation sites (tertiary alicyclic amines) is 1. The van der Waals surface area contributed by atoms with Crippen molar-refractivity contribution in [2.75, 3.05) is 23.7 Å². The second-order valence-electron chi connectivity index (χ2n) is 11.4. The van der Waals surface area contributed by atoms with E-state index in [2.05, 4.69) is 46.4 Å². The number of amides is 2. The normalized spacial score (nSPS) is 15.9. The molecule has 1 aliphatic rings. The van der Waals surface area contributed by atoms with Crippen LogP contribution >= 0.6 is 11.6 Å². The summed E-state index contributed by atoms with van der Waals surface area (Å²) in [4.78, 5) is 32.6. The van der Waals surface area contributed by atoms with Gasteiger partial charge >= 0.3 is 0 Å². The highest BCUT2D eigenvalue weighted by atomic mass is 35.5. The van der Waals surface area contributed by atoms with Crippen LogP contribution in [0, 0.1) is 5.92 Å². The van der Waals surface area contributed by atoms with Gasteiger partial charge in [-0.3, -0.25) is 14.5 Å². The summed E-state index contributed by atoms with van der Waals surface area (Å²) in [6.45, 7) is 8.29. The number of carbonyl (C=O) groups is 2. The van der Waals surface area contributed by atoms with Crippen LogP contribution in [0.5, 0.6) is 0 Å². The first-order chi connectivity index (χ1) is 19.7. The Balaban J connectivity index is 1.16. The number of rotatable bonds is 7. The number of benzene rings is 3. The first-order valence-electron chi connectivity index (χ1n) is 13.8. The number of anilines is 2. The molecule has 2 amide bonds. The van der Waals surface area contributed by atoms with Crippen molar-refractivity contribution in [3.8, 4) is 11.4 Å². The van der Waals surface area contributed by atoms with Gasteiger partial charge in [-0.1, -0.05) is 67.9 Å². The number of nitrogens with zero attached hydrogens (tertiary/aromatic N) is 3. The standard InChI is InChI=1S/C32H34ClN5O3/c1-32(2,3)23-15-13-21(14-16-23)30(39)34-24-9-6-10-25(18-24)35-31(40)22-8-7-17-38(19-22)20-28-36-29(37-41-28)26-11-4-5-12-27(26)33/h4-6,9-16,18,22H,7-8,17,19-20H2,1-3H3,(H,34,39)(H,35,40). The van der Waals surface area contributed by atoms with E-state index < -0.39 is 0 Å². The molecule has 41 heavy (non-hydrogen) atoms. The summed E-state index contributed by atoms with van der Waals surface area (Å²) >= 11 is 6.26. The van der Waals surface area contributed by atoms with E-state index in [1.807, 2.05) is 54.6 Å². The van der Waals surface area contributed by atoms with Crippen LogP contribution < -0.4 is 10.6 Å². The molecule has 2 N–H and O–H groups in total. The lowest BCUT2D eigenvalue weighted by Gasteiger charge is -2.30. The van der Waals surface area contributed by atoms with Crippen molar-refractivity contribution in [2.24, 2.45) is 5.92 Å². The molecule has 9 heteroatoms. The van der Waals surface area contributed by atoms with Crippen molar-refractivity contribution in [3.63, 3.8) is 0 Å². The molecular weight excluding hydrogens is 538 g/mol. The number of hydrogen-bond donors (Lipinski definition) is 2.